The minimum atomic E-state index is 0.714. The highest BCUT2D eigenvalue weighted by molar-refractivity contribution is 7.98. The lowest BCUT2D eigenvalue weighted by Crippen LogP contribution is -1.97. The van der Waals surface area contributed by atoms with Crippen molar-refractivity contribution in [1.82, 2.24) is 19.7 Å². The summed E-state index contributed by atoms with van der Waals surface area (Å²) in [6.07, 6.45) is 1.99. The molecule has 0 unspecified atom stereocenters. The number of aromatic nitrogens is 4. The van der Waals surface area contributed by atoms with Gasteiger partial charge < -0.3 is 4.98 Å². The Balaban J connectivity index is 2.22. The highest BCUT2D eigenvalue weighted by atomic mass is 35.5. The van der Waals surface area contributed by atoms with Crippen molar-refractivity contribution < 1.29 is 0 Å². The maximum absolute atomic E-state index is 5.89. The zero-order valence-electron chi connectivity index (χ0n) is 9.94. The summed E-state index contributed by atoms with van der Waals surface area (Å²) in [4.78, 5) is 7.78. The number of benzene rings is 1. The zero-order valence-corrected chi connectivity index (χ0v) is 11.5. The summed E-state index contributed by atoms with van der Waals surface area (Å²) >= 11 is 7.48. The van der Waals surface area contributed by atoms with Crippen LogP contribution in [0.1, 0.15) is 5.69 Å². The Bertz CT molecular complexity index is 699. The molecule has 0 amide bonds. The molecule has 18 heavy (non-hydrogen) atoms. The van der Waals surface area contributed by atoms with Crippen LogP contribution in [0.2, 0.25) is 5.02 Å². The molecule has 0 atom stereocenters. The molecule has 0 bridgehead atoms. The van der Waals surface area contributed by atoms with E-state index in [-0.39, 0.29) is 0 Å². The highest BCUT2D eigenvalue weighted by Gasteiger charge is 2.13. The minimum absolute atomic E-state index is 0.714. The van der Waals surface area contributed by atoms with Crippen LogP contribution in [0, 0.1) is 6.92 Å². The molecule has 0 saturated carbocycles. The van der Waals surface area contributed by atoms with Gasteiger partial charge in [0.1, 0.15) is 5.52 Å². The highest BCUT2D eigenvalue weighted by Crippen LogP contribution is 2.23. The number of aromatic amines is 1. The standard InChI is InChI=1S/C12H11ClN4S/c1-7-10-11(15-12(14-10)18-2)17(16-7)9-5-3-8(13)4-6-9/h3-6H,1-2H3,(H,14,15). The first kappa shape index (κ1) is 11.6. The van der Waals surface area contributed by atoms with E-state index in [0.29, 0.717) is 5.02 Å². The molecule has 0 radical (unpaired) electrons. The fourth-order valence-corrected chi connectivity index (χ4v) is 2.36. The Labute approximate surface area is 113 Å². The van der Waals surface area contributed by atoms with Crippen molar-refractivity contribution in [3.05, 3.63) is 35.0 Å². The van der Waals surface area contributed by atoms with Gasteiger partial charge in [-0.1, -0.05) is 23.4 Å². The molecule has 2 aromatic heterocycles. The number of halogens is 1. The lowest BCUT2D eigenvalue weighted by molar-refractivity contribution is 0.864. The molecule has 3 rings (SSSR count). The predicted molar refractivity (Wildman–Crippen MR) is 74.7 cm³/mol. The largest absolute Gasteiger partial charge is 0.330 e. The molecular formula is C12H11ClN4S. The van der Waals surface area contributed by atoms with Gasteiger partial charge in [-0.15, -0.1) is 0 Å². The number of nitrogens with one attached hydrogen (secondary N) is 1. The number of aryl methyl sites for hydroxylation is 1. The Morgan fingerprint density at radius 1 is 1.28 bits per heavy atom. The molecule has 0 spiro atoms. The molecule has 4 nitrogen and oxygen atoms in total. The second kappa shape index (κ2) is 4.33. The van der Waals surface area contributed by atoms with Crippen molar-refractivity contribution in [1.29, 1.82) is 0 Å². The lowest BCUT2D eigenvalue weighted by atomic mass is 10.3. The number of imidazole rings is 1. The van der Waals surface area contributed by atoms with E-state index in [1.165, 1.54) is 0 Å². The van der Waals surface area contributed by atoms with Gasteiger partial charge in [0.25, 0.3) is 0 Å². The Hall–Kier alpha value is -1.46. The summed E-state index contributed by atoms with van der Waals surface area (Å²) in [5.74, 6) is 0. The van der Waals surface area contributed by atoms with E-state index in [1.54, 1.807) is 11.8 Å². The summed E-state index contributed by atoms with van der Waals surface area (Å²) in [6, 6.07) is 7.56. The van der Waals surface area contributed by atoms with E-state index in [2.05, 4.69) is 15.1 Å². The smallest absolute Gasteiger partial charge is 0.182 e. The van der Waals surface area contributed by atoms with Crippen LogP contribution in [-0.4, -0.2) is 26.0 Å². The number of hydrogen-bond acceptors (Lipinski definition) is 3. The molecule has 0 fully saturated rings. The third-order valence-corrected chi connectivity index (χ3v) is 3.57. The SMILES string of the molecule is CSc1nc2c([nH]1)c(C)nn2-c1ccc(Cl)cc1. The second-order valence-electron chi connectivity index (χ2n) is 3.92. The Kier molecular flexibility index (Phi) is 2.80. The monoisotopic (exact) mass is 278 g/mol. The van der Waals surface area contributed by atoms with Crippen molar-refractivity contribution >= 4 is 34.5 Å². The van der Waals surface area contributed by atoms with Crippen LogP contribution in [0.25, 0.3) is 16.9 Å². The summed E-state index contributed by atoms with van der Waals surface area (Å²) in [5, 5.41) is 6.11. The van der Waals surface area contributed by atoms with Gasteiger partial charge in [-0.3, -0.25) is 0 Å². The van der Waals surface area contributed by atoms with Gasteiger partial charge in [-0.25, -0.2) is 9.67 Å². The molecular weight excluding hydrogens is 268 g/mol. The average molecular weight is 279 g/mol. The molecule has 6 heteroatoms. The third kappa shape index (κ3) is 1.79. The molecule has 0 aliphatic carbocycles. The Morgan fingerprint density at radius 3 is 2.67 bits per heavy atom. The van der Waals surface area contributed by atoms with E-state index in [0.717, 1.165) is 27.7 Å². The molecule has 0 aliphatic heterocycles. The molecule has 92 valence electrons. The molecule has 1 N–H and O–H groups in total. The fourth-order valence-electron chi connectivity index (χ4n) is 1.85. The topological polar surface area (TPSA) is 46.5 Å². The van der Waals surface area contributed by atoms with Crippen molar-refractivity contribution in [3.8, 4) is 5.69 Å². The number of rotatable bonds is 2. The van der Waals surface area contributed by atoms with E-state index in [9.17, 15) is 0 Å². The number of nitrogens with zero attached hydrogens (tertiary/aromatic N) is 3. The molecule has 0 saturated heterocycles. The summed E-state index contributed by atoms with van der Waals surface area (Å²) in [6.45, 7) is 1.97. The van der Waals surface area contributed by atoms with Gasteiger partial charge in [-0.2, -0.15) is 5.10 Å². The predicted octanol–water partition coefficient (Wildman–Crippen LogP) is 3.43. The maximum Gasteiger partial charge on any atom is 0.182 e. The maximum atomic E-state index is 5.89. The summed E-state index contributed by atoms with van der Waals surface area (Å²) in [7, 11) is 0. The van der Waals surface area contributed by atoms with Gasteiger partial charge in [0.2, 0.25) is 0 Å². The third-order valence-electron chi connectivity index (χ3n) is 2.74. The minimum Gasteiger partial charge on any atom is -0.330 e. The molecule has 1 aromatic carbocycles. The van der Waals surface area contributed by atoms with E-state index in [4.69, 9.17) is 11.6 Å². The van der Waals surface area contributed by atoms with Crippen LogP contribution < -0.4 is 0 Å². The number of thioether (sulfide) groups is 1. The first-order chi connectivity index (χ1) is 8.69. The molecule has 3 aromatic rings. The number of H-pyrrole nitrogens is 1. The van der Waals surface area contributed by atoms with E-state index in [1.807, 2.05) is 42.1 Å². The van der Waals surface area contributed by atoms with Gasteiger partial charge >= 0.3 is 0 Å². The van der Waals surface area contributed by atoms with Gasteiger partial charge in [0.05, 0.1) is 11.4 Å². The van der Waals surface area contributed by atoms with Crippen LogP contribution in [0.5, 0.6) is 0 Å². The molecule has 0 aliphatic rings. The van der Waals surface area contributed by atoms with Gasteiger partial charge in [0, 0.05) is 5.02 Å². The summed E-state index contributed by atoms with van der Waals surface area (Å²) in [5.41, 5.74) is 3.72. The van der Waals surface area contributed by atoms with Crippen LogP contribution in [-0.2, 0) is 0 Å². The quantitative estimate of drug-likeness (QED) is 0.731. The van der Waals surface area contributed by atoms with Crippen molar-refractivity contribution in [3.63, 3.8) is 0 Å². The summed E-state index contributed by atoms with van der Waals surface area (Å²) < 4.78 is 1.83. The van der Waals surface area contributed by atoms with Crippen LogP contribution in [0.15, 0.2) is 29.4 Å². The van der Waals surface area contributed by atoms with Crippen molar-refractivity contribution in [2.75, 3.05) is 6.26 Å². The average Bonchev–Trinajstić information content (AvgIpc) is 2.91. The van der Waals surface area contributed by atoms with Crippen molar-refractivity contribution in [2.24, 2.45) is 0 Å². The fraction of sp³-hybridized carbons (Fsp3) is 0.167. The first-order valence-electron chi connectivity index (χ1n) is 5.44. The van der Waals surface area contributed by atoms with Crippen molar-refractivity contribution in [2.45, 2.75) is 12.1 Å². The molecule has 2 heterocycles. The number of fused-ring (bicyclic) bond motifs is 1. The second-order valence-corrected chi connectivity index (χ2v) is 5.15. The van der Waals surface area contributed by atoms with E-state index < -0.39 is 0 Å². The normalized spacial score (nSPS) is 11.3. The Morgan fingerprint density at radius 2 is 2.00 bits per heavy atom. The first-order valence-corrected chi connectivity index (χ1v) is 7.04. The van der Waals surface area contributed by atoms with Crippen LogP contribution >= 0.6 is 23.4 Å². The lowest BCUT2D eigenvalue weighted by Gasteiger charge is -2.01. The van der Waals surface area contributed by atoms with Gasteiger partial charge in [0.15, 0.2) is 10.8 Å². The van der Waals surface area contributed by atoms with Gasteiger partial charge in [-0.05, 0) is 37.4 Å². The van der Waals surface area contributed by atoms with E-state index >= 15 is 0 Å². The van der Waals surface area contributed by atoms with Crippen LogP contribution in [0.4, 0.5) is 0 Å². The zero-order chi connectivity index (χ0) is 12.7. The van der Waals surface area contributed by atoms with Crippen LogP contribution in [0.3, 0.4) is 0 Å². The number of hydrogen-bond donors (Lipinski definition) is 1.